The van der Waals surface area contributed by atoms with Crippen LogP contribution in [0.1, 0.15) is 37.8 Å². The molecule has 0 spiro atoms. The molecular weight excluding hydrogens is 462 g/mol. The first-order valence-electron chi connectivity index (χ1n) is 11.4. The molecule has 1 aromatic rings. The Morgan fingerprint density at radius 2 is 1.86 bits per heavy atom. The van der Waals surface area contributed by atoms with Crippen molar-refractivity contribution in [3.05, 3.63) is 35.9 Å². The van der Waals surface area contributed by atoms with Crippen LogP contribution < -0.4 is 16.4 Å². The van der Waals surface area contributed by atoms with E-state index in [9.17, 15) is 33.9 Å². The number of imide groups is 1. The highest BCUT2D eigenvalue weighted by atomic mass is 16.4. The number of carbonyl (C=O) groups is 6. The fourth-order valence-corrected chi connectivity index (χ4v) is 3.72. The minimum absolute atomic E-state index is 0.231. The minimum Gasteiger partial charge on any atom is -0.481 e. The molecule has 2 rings (SSSR count). The van der Waals surface area contributed by atoms with Gasteiger partial charge in [0, 0.05) is 6.54 Å². The molecule has 0 aliphatic carbocycles. The summed E-state index contributed by atoms with van der Waals surface area (Å²) in [5.74, 6) is -5.14. The fourth-order valence-electron chi connectivity index (χ4n) is 3.72. The number of benzene rings is 1. The highest BCUT2D eigenvalue weighted by Gasteiger charge is 2.44. The van der Waals surface area contributed by atoms with Gasteiger partial charge in [-0.1, -0.05) is 30.3 Å². The van der Waals surface area contributed by atoms with Crippen LogP contribution in [0.3, 0.4) is 0 Å². The maximum absolute atomic E-state index is 12.8. The van der Waals surface area contributed by atoms with E-state index in [1.165, 1.54) is 17.0 Å². The number of carboxylic acid groups (broad SMARTS) is 2. The number of carbonyl (C=O) groups excluding carboxylic acids is 4. The van der Waals surface area contributed by atoms with E-state index in [0.29, 0.717) is 19.4 Å². The monoisotopic (exact) mass is 492 g/mol. The molecule has 13 nitrogen and oxygen atoms in total. The van der Waals surface area contributed by atoms with E-state index in [0.717, 1.165) is 4.90 Å². The van der Waals surface area contributed by atoms with Gasteiger partial charge in [0.2, 0.25) is 11.8 Å². The van der Waals surface area contributed by atoms with Crippen molar-refractivity contribution in [1.29, 1.82) is 1.43 Å². The highest BCUT2D eigenvalue weighted by molar-refractivity contribution is 6.06. The number of amides is 5. The first kappa shape index (κ1) is 25.6. The first-order chi connectivity index (χ1) is 17.1. The van der Waals surface area contributed by atoms with E-state index >= 15 is 0 Å². The molecule has 1 aliphatic rings. The zero-order valence-corrected chi connectivity index (χ0v) is 19.1. The number of aliphatic carboxylic acids is 2. The lowest BCUT2D eigenvalue weighted by Crippen LogP contribution is -2.52. The molecule has 3 atom stereocenters. The summed E-state index contributed by atoms with van der Waals surface area (Å²) in [7, 11) is 0. The molecule has 0 radical (unpaired) electrons. The SMILES string of the molecule is [2H]OC(=O)C[C@H](NC(=O)CN1C(=O)[C@H](CCCN)N(CC)C1=O)C(=O)NC(C(=O)O)c1ccccc1. The predicted octanol–water partition coefficient (Wildman–Crippen LogP) is -0.720. The number of nitrogens with two attached hydrogens (primary N) is 1. The Kier molecular flexibility index (Phi) is 9.12. The summed E-state index contributed by atoms with van der Waals surface area (Å²) in [5, 5.41) is 17.8. The normalized spacial score (nSPS) is 17.4. The Morgan fingerprint density at radius 1 is 1.17 bits per heavy atom. The summed E-state index contributed by atoms with van der Waals surface area (Å²) in [6.07, 6.45) is 0.0254. The molecule has 0 aromatic heterocycles. The average Bonchev–Trinajstić information content (AvgIpc) is 3.08. The molecule has 35 heavy (non-hydrogen) atoms. The molecule has 1 aliphatic heterocycles. The Balaban J connectivity index is 2.15. The molecule has 5 amide bonds. The first-order valence-corrected chi connectivity index (χ1v) is 11.0. The summed E-state index contributed by atoms with van der Waals surface area (Å²) >= 11 is 0. The molecule has 0 saturated carbocycles. The Hall–Kier alpha value is -4.00. The van der Waals surface area contributed by atoms with Crippen LogP contribution in [0.2, 0.25) is 0 Å². The lowest BCUT2D eigenvalue weighted by atomic mass is 10.1. The second kappa shape index (κ2) is 12.5. The maximum atomic E-state index is 12.8. The molecule has 13 heteroatoms. The molecule has 6 N–H and O–H groups in total. The number of nitrogens with zero attached hydrogens (tertiary/aromatic N) is 2. The van der Waals surface area contributed by atoms with Crippen LogP contribution >= 0.6 is 0 Å². The average molecular weight is 493 g/mol. The van der Waals surface area contributed by atoms with Crippen LogP contribution in [0, 0.1) is 0 Å². The van der Waals surface area contributed by atoms with E-state index in [2.05, 4.69) is 15.7 Å². The predicted molar refractivity (Wildman–Crippen MR) is 121 cm³/mol. The Labute approximate surface area is 202 Å². The van der Waals surface area contributed by atoms with Crippen LogP contribution in [0.15, 0.2) is 30.3 Å². The van der Waals surface area contributed by atoms with Crippen molar-refractivity contribution in [1.82, 2.24) is 20.4 Å². The van der Waals surface area contributed by atoms with Gasteiger partial charge in [0.1, 0.15) is 18.6 Å². The van der Waals surface area contributed by atoms with Crippen LogP contribution in [-0.4, -0.2) is 87.4 Å². The summed E-state index contributed by atoms with van der Waals surface area (Å²) in [5.41, 5.74) is 5.73. The maximum Gasteiger partial charge on any atom is 0.330 e. The standard InChI is InChI=1S/C22H29N5O8/c1-2-26-15(9-6-10-23)20(32)27(22(26)35)12-16(28)24-14(11-17(29)30)19(31)25-18(21(33)34)13-7-4-3-5-8-13/h3-5,7-8,14-15,18H,2,6,9-12,23H2,1H3,(H,24,28)(H,25,31)(H,29,30)(H,33,34)/t14-,15-,18?/m0/s1/i/hD. The smallest absolute Gasteiger partial charge is 0.330 e. The lowest BCUT2D eigenvalue weighted by Gasteiger charge is -2.22. The van der Waals surface area contributed by atoms with E-state index < -0.39 is 66.8 Å². The molecule has 0 bridgehead atoms. The number of hydrogen-bond donors (Lipinski definition) is 5. The Bertz CT molecular complexity index is 992. The summed E-state index contributed by atoms with van der Waals surface area (Å²) in [4.78, 5) is 76.4. The molecule has 1 saturated heterocycles. The number of likely N-dealkylation sites (N-methyl/N-ethyl adjacent to an activating group) is 1. The van der Waals surface area contributed by atoms with Crippen LogP contribution in [0.5, 0.6) is 0 Å². The molecule has 1 fully saturated rings. The van der Waals surface area contributed by atoms with Gasteiger partial charge in [-0.15, -0.1) is 0 Å². The van der Waals surface area contributed by atoms with Gasteiger partial charge in [-0.3, -0.25) is 24.1 Å². The zero-order chi connectivity index (χ0) is 26.8. The van der Waals surface area contributed by atoms with Crippen molar-refractivity contribution in [2.45, 2.75) is 44.3 Å². The van der Waals surface area contributed by atoms with Gasteiger partial charge < -0.3 is 31.5 Å². The van der Waals surface area contributed by atoms with Gasteiger partial charge in [-0.2, -0.15) is 0 Å². The van der Waals surface area contributed by atoms with Crippen molar-refractivity contribution in [2.75, 3.05) is 19.6 Å². The molecule has 1 aromatic carbocycles. The quantitative estimate of drug-likeness (QED) is 0.220. The third-order valence-electron chi connectivity index (χ3n) is 5.42. The largest absolute Gasteiger partial charge is 0.481 e. The summed E-state index contributed by atoms with van der Waals surface area (Å²) in [6, 6.07) is 3.15. The van der Waals surface area contributed by atoms with Crippen LogP contribution in [0.4, 0.5) is 4.79 Å². The second-order valence-corrected chi connectivity index (χ2v) is 7.83. The third kappa shape index (κ3) is 6.99. The van der Waals surface area contributed by atoms with Crippen molar-refractivity contribution in [2.24, 2.45) is 5.73 Å². The lowest BCUT2D eigenvalue weighted by molar-refractivity contribution is -0.143. The van der Waals surface area contributed by atoms with Gasteiger partial charge in [-0.05, 0) is 31.9 Å². The van der Waals surface area contributed by atoms with E-state index in [1.807, 2.05) is 0 Å². The topological polar surface area (TPSA) is 199 Å². The molecular formula is C22H29N5O8. The van der Waals surface area contributed by atoms with Crippen molar-refractivity contribution in [3.63, 3.8) is 0 Å². The van der Waals surface area contributed by atoms with Crippen molar-refractivity contribution >= 4 is 35.7 Å². The van der Waals surface area contributed by atoms with Gasteiger partial charge in [0.05, 0.1) is 6.42 Å². The molecule has 1 unspecified atom stereocenters. The molecule has 1 heterocycles. The molecule has 190 valence electrons. The van der Waals surface area contributed by atoms with Crippen LogP contribution in [-0.2, 0) is 24.0 Å². The van der Waals surface area contributed by atoms with E-state index in [4.69, 9.17) is 7.16 Å². The fraction of sp³-hybridized carbons (Fsp3) is 0.455. The summed E-state index contributed by atoms with van der Waals surface area (Å²) < 4.78 is 6.72. The van der Waals surface area contributed by atoms with E-state index in [-0.39, 0.29) is 12.1 Å². The van der Waals surface area contributed by atoms with Gasteiger partial charge in [0.25, 0.3) is 7.34 Å². The minimum atomic E-state index is -1.64. The van der Waals surface area contributed by atoms with Gasteiger partial charge in [0.15, 0.2) is 6.04 Å². The number of carboxylic acids is 2. The van der Waals surface area contributed by atoms with Gasteiger partial charge >= 0.3 is 18.0 Å². The number of nitrogens with one attached hydrogen (secondary N) is 2. The number of rotatable bonds is 13. The highest BCUT2D eigenvalue weighted by Crippen LogP contribution is 2.21. The van der Waals surface area contributed by atoms with Crippen LogP contribution in [0.25, 0.3) is 1.43 Å². The second-order valence-electron chi connectivity index (χ2n) is 7.83. The third-order valence-corrected chi connectivity index (χ3v) is 5.42. The zero-order valence-electron chi connectivity index (χ0n) is 20.1. The van der Waals surface area contributed by atoms with Crippen molar-refractivity contribution in [3.8, 4) is 0 Å². The van der Waals surface area contributed by atoms with E-state index in [1.54, 1.807) is 25.1 Å². The Morgan fingerprint density at radius 3 is 2.43 bits per heavy atom. The number of hydrogen-bond acceptors (Lipinski definition) is 8. The summed E-state index contributed by atoms with van der Waals surface area (Å²) in [6.45, 7) is 1.50. The van der Waals surface area contributed by atoms with Gasteiger partial charge in [-0.25, -0.2) is 9.59 Å². The van der Waals surface area contributed by atoms with Crippen molar-refractivity contribution < 1.29 is 39.0 Å². The number of urea groups is 1.